The number of carboxylic acid groups (broad SMARTS) is 1. The third-order valence-electron chi connectivity index (χ3n) is 3.08. The lowest BCUT2D eigenvalue weighted by Crippen LogP contribution is -2.40. The van der Waals surface area contributed by atoms with Crippen molar-refractivity contribution in [2.45, 2.75) is 26.7 Å². The average molecular weight is 263 g/mol. The van der Waals surface area contributed by atoms with Crippen LogP contribution in [0.5, 0.6) is 0 Å². The Hall–Kier alpha value is -1.84. The highest BCUT2D eigenvalue weighted by Crippen LogP contribution is 2.24. The maximum Gasteiger partial charge on any atom is 0.305 e. The summed E-state index contributed by atoms with van der Waals surface area (Å²) in [6.07, 6.45) is 0.619. The van der Waals surface area contributed by atoms with E-state index in [0.717, 1.165) is 5.56 Å². The van der Waals surface area contributed by atoms with Crippen LogP contribution in [0, 0.1) is 5.41 Å². The van der Waals surface area contributed by atoms with E-state index in [1.807, 2.05) is 44.2 Å². The van der Waals surface area contributed by atoms with Crippen molar-refractivity contribution >= 4 is 11.9 Å². The fraction of sp³-hybridized carbons (Fsp3) is 0.467. The SMILES string of the molecule is CN(CCC(=O)O)C(=O)C(C)(C)Cc1ccccc1. The molecule has 0 saturated heterocycles. The number of rotatable bonds is 6. The number of carboxylic acids is 1. The highest BCUT2D eigenvalue weighted by molar-refractivity contribution is 5.82. The van der Waals surface area contributed by atoms with Crippen LogP contribution in [0.25, 0.3) is 0 Å². The van der Waals surface area contributed by atoms with Crippen molar-refractivity contribution in [1.29, 1.82) is 0 Å². The van der Waals surface area contributed by atoms with Crippen molar-refractivity contribution < 1.29 is 14.7 Å². The van der Waals surface area contributed by atoms with Gasteiger partial charge in [-0.3, -0.25) is 9.59 Å². The predicted molar refractivity (Wildman–Crippen MR) is 73.8 cm³/mol. The van der Waals surface area contributed by atoms with Crippen LogP contribution in [0.1, 0.15) is 25.8 Å². The summed E-state index contributed by atoms with van der Waals surface area (Å²) < 4.78 is 0. The monoisotopic (exact) mass is 263 g/mol. The van der Waals surface area contributed by atoms with E-state index in [0.29, 0.717) is 6.42 Å². The minimum absolute atomic E-state index is 0.0241. The first-order chi connectivity index (χ1) is 8.83. The van der Waals surface area contributed by atoms with Gasteiger partial charge in [-0.2, -0.15) is 0 Å². The highest BCUT2D eigenvalue weighted by Gasteiger charge is 2.30. The lowest BCUT2D eigenvalue weighted by molar-refractivity contribution is -0.141. The summed E-state index contributed by atoms with van der Waals surface area (Å²) >= 11 is 0. The molecule has 1 aromatic rings. The van der Waals surface area contributed by atoms with E-state index in [4.69, 9.17) is 5.11 Å². The number of nitrogens with zero attached hydrogens (tertiary/aromatic N) is 1. The molecule has 0 aliphatic rings. The molecule has 1 aromatic carbocycles. The lowest BCUT2D eigenvalue weighted by Gasteiger charge is -2.29. The third-order valence-corrected chi connectivity index (χ3v) is 3.08. The van der Waals surface area contributed by atoms with E-state index in [9.17, 15) is 9.59 Å². The minimum Gasteiger partial charge on any atom is -0.481 e. The van der Waals surface area contributed by atoms with Crippen molar-refractivity contribution in [3.63, 3.8) is 0 Å². The Morgan fingerprint density at radius 3 is 2.32 bits per heavy atom. The molecule has 0 spiro atoms. The number of aliphatic carboxylic acids is 1. The van der Waals surface area contributed by atoms with Crippen LogP contribution in [0.15, 0.2) is 30.3 Å². The minimum atomic E-state index is -0.888. The van der Waals surface area contributed by atoms with Gasteiger partial charge >= 0.3 is 5.97 Å². The molecule has 0 aromatic heterocycles. The van der Waals surface area contributed by atoms with E-state index in [1.54, 1.807) is 7.05 Å². The van der Waals surface area contributed by atoms with Gasteiger partial charge in [-0.05, 0) is 12.0 Å². The average Bonchev–Trinajstić information content (AvgIpc) is 2.35. The molecule has 1 rings (SSSR count). The summed E-state index contributed by atoms with van der Waals surface area (Å²) in [7, 11) is 1.65. The van der Waals surface area contributed by atoms with Gasteiger partial charge in [0.25, 0.3) is 0 Å². The van der Waals surface area contributed by atoms with E-state index in [2.05, 4.69) is 0 Å². The van der Waals surface area contributed by atoms with Crippen molar-refractivity contribution in [3.8, 4) is 0 Å². The van der Waals surface area contributed by atoms with Gasteiger partial charge in [0.1, 0.15) is 0 Å². The van der Waals surface area contributed by atoms with Crippen LogP contribution in [0.3, 0.4) is 0 Å². The first kappa shape index (κ1) is 15.2. The largest absolute Gasteiger partial charge is 0.481 e. The van der Waals surface area contributed by atoms with E-state index >= 15 is 0 Å². The molecular formula is C15H21NO3. The zero-order valence-corrected chi connectivity index (χ0v) is 11.7. The number of carbonyl (C=O) groups is 2. The van der Waals surface area contributed by atoms with Crippen LogP contribution < -0.4 is 0 Å². The van der Waals surface area contributed by atoms with Crippen LogP contribution >= 0.6 is 0 Å². The Balaban J connectivity index is 2.65. The van der Waals surface area contributed by atoms with Crippen molar-refractivity contribution in [2.24, 2.45) is 5.41 Å². The summed E-state index contributed by atoms with van der Waals surface area (Å²) in [5.41, 5.74) is 0.571. The number of amides is 1. The first-order valence-corrected chi connectivity index (χ1v) is 6.34. The first-order valence-electron chi connectivity index (χ1n) is 6.34. The van der Waals surface area contributed by atoms with Crippen LogP contribution in [0.2, 0.25) is 0 Å². The molecular weight excluding hydrogens is 242 g/mol. The highest BCUT2D eigenvalue weighted by atomic mass is 16.4. The quantitative estimate of drug-likeness (QED) is 0.856. The molecule has 4 nitrogen and oxygen atoms in total. The molecule has 0 bridgehead atoms. The molecule has 104 valence electrons. The molecule has 1 N–H and O–H groups in total. The van der Waals surface area contributed by atoms with Gasteiger partial charge in [-0.15, -0.1) is 0 Å². The number of hydrogen-bond acceptors (Lipinski definition) is 2. The summed E-state index contributed by atoms with van der Waals surface area (Å²) in [5.74, 6) is -0.918. The molecule has 19 heavy (non-hydrogen) atoms. The molecule has 0 aliphatic heterocycles. The van der Waals surface area contributed by atoms with Gasteiger partial charge in [0.15, 0.2) is 0 Å². The van der Waals surface area contributed by atoms with Gasteiger partial charge in [0.05, 0.1) is 6.42 Å². The van der Waals surface area contributed by atoms with Crippen molar-refractivity contribution in [3.05, 3.63) is 35.9 Å². The Kier molecular flexibility index (Phi) is 5.10. The fourth-order valence-corrected chi connectivity index (χ4v) is 2.06. The van der Waals surface area contributed by atoms with Gasteiger partial charge in [0, 0.05) is 19.0 Å². The molecule has 4 heteroatoms. The second-order valence-corrected chi connectivity index (χ2v) is 5.42. The predicted octanol–water partition coefficient (Wildman–Crippen LogP) is 2.19. The second-order valence-electron chi connectivity index (χ2n) is 5.42. The van der Waals surface area contributed by atoms with Gasteiger partial charge in [-0.1, -0.05) is 44.2 Å². The maximum absolute atomic E-state index is 12.3. The smallest absolute Gasteiger partial charge is 0.305 e. The Morgan fingerprint density at radius 1 is 1.21 bits per heavy atom. The van der Waals surface area contributed by atoms with Gasteiger partial charge < -0.3 is 10.0 Å². The standard InChI is InChI=1S/C15H21NO3/c1-15(2,11-12-7-5-4-6-8-12)14(19)16(3)10-9-13(17)18/h4-8H,9-11H2,1-3H3,(H,17,18). The van der Waals surface area contributed by atoms with Crippen molar-refractivity contribution in [1.82, 2.24) is 4.90 Å². The normalized spacial score (nSPS) is 11.1. The number of benzene rings is 1. The second kappa shape index (κ2) is 6.36. The van der Waals surface area contributed by atoms with E-state index in [-0.39, 0.29) is 18.9 Å². The Bertz CT molecular complexity index is 440. The van der Waals surface area contributed by atoms with Crippen LogP contribution in [0.4, 0.5) is 0 Å². The fourth-order valence-electron chi connectivity index (χ4n) is 2.06. The Labute approximate surface area is 114 Å². The number of hydrogen-bond donors (Lipinski definition) is 1. The molecule has 0 atom stereocenters. The maximum atomic E-state index is 12.3. The molecule has 0 unspecified atom stereocenters. The van der Waals surface area contributed by atoms with Crippen LogP contribution in [-0.2, 0) is 16.0 Å². The molecule has 0 saturated carbocycles. The molecule has 0 fully saturated rings. The molecule has 0 heterocycles. The molecule has 0 radical (unpaired) electrons. The lowest BCUT2D eigenvalue weighted by atomic mass is 9.84. The van der Waals surface area contributed by atoms with Gasteiger partial charge in [0.2, 0.25) is 5.91 Å². The zero-order valence-electron chi connectivity index (χ0n) is 11.7. The van der Waals surface area contributed by atoms with Gasteiger partial charge in [-0.25, -0.2) is 0 Å². The summed E-state index contributed by atoms with van der Waals surface area (Å²) in [5, 5.41) is 8.64. The van der Waals surface area contributed by atoms with Crippen LogP contribution in [-0.4, -0.2) is 35.5 Å². The summed E-state index contributed by atoms with van der Waals surface area (Å²) in [6.45, 7) is 4.02. The molecule has 1 amide bonds. The summed E-state index contributed by atoms with van der Waals surface area (Å²) in [4.78, 5) is 24.3. The topological polar surface area (TPSA) is 57.6 Å². The van der Waals surface area contributed by atoms with E-state index in [1.165, 1.54) is 4.90 Å². The van der Waals surface area contributed by atoms with Crippen molar-refractivity contribution in [2.75, 3.05) is 13.6 Å². The molecule has 0 aliphatic carbocycles. The zero-order chi connectivity index (χ0) is 14.5. The van der Waals surface area contributed by atoms with E-state index < -0.39 is 11.4 Å². The number of carbonyl (C=O) groups excluding carboxylic acids is 1. The Morgan fingerprint density at radius 2 is 1.79 bits per heavy atom. The third kappa shape index (κ3) is 4.73. The summed E-state index contributed by atoms with van der Waals surface area (Å²) in [6, 6.07) is 9.82.